The van der Waals surface area contributed by atoms with Gasteiger partial charge in [0.25, 0.3) is 12.0 Å². The fourth-order valence-corrected chi connectivity index (χ4v) is 8.30. The van der Waals surface area contributed by atoms with Gasteiger partial charge in [-0.1, -0.05) is 41.6 Å². The average Bonchev–Trinajstić information content (AvgIpc) is 3.62. The second kappa shape index (κ2) is 13.4. The van der Waals surface area contributed by atoms with Crippen LogP contribution >= 0.6 is 23.1 Å². The van der Waals surface area contributed by atoms with E-state index < -0.39 is 22.9 Å². The van der Waals surface area contributed by atoms with Gasteiger partial charge in [0, 0.05) is 35.1 Å². The molecule has 2 aliphatic rings. The highest BCUT2D eigenvalue weighted by Gasteiger charge is 2.60. The summed E-state index contributed by atoms with van der Waals surface area (Å²) in [5, 5.41) is 26.0. The van der Waals surface area contributed by atoms with E-state index in [1.807, 2.05) is 25.7 Å². The smallest absolute Gasteiger partial charge is 0.355 e. The number of aromatic nitrogens is 2. The number of esters is 1. The first-order valence-corrected chi connectivity index (χ1v) is 16.5. The van der Waals surface area contributed by atoms with Gasteiger partial charge in [-0.2, -0.15) is 4.40 Å². The molecule has 44 heavy (non-hydrogen) atoms. The second-order valence-corrected chi connectivity index (χ2v) is 12.8. The van der Waals surface area contributed by atoms with Crippen molar-refractivity contribution in [1.82, 2.24) is 9.30 Å². The van der Waals surface area contributed by atoms with Crippen molar-refractivity contribution in [2.75, 3.05) is 12.8 Å². The first-order chi connectivity index (χ1) is 21.2. The molecule has 15 heteroatoms. The zero-order chi connectivity index (χ0) is 31.5. The van der Waals surface area contributed by atoms with Crippen molar-refractivity contribution in [3.05, 3.63) is 73.5 Å². The van der Waals surface area contributed by atoms with Crippen LogP contribution in [0.3, 0.4) is 0 Å². The Hall–Kier alpha value is -3.91. The van der Waals surface area contributed by atoms with Gasteiger partial charge in [0.1, 0.15) is 18.5 Å². The topological polar surface area (TPSA) is 167 Å². The third-order valence-corrected chi connectivity index (χ3v) is 10.3. The zero-order valence-corrected chi connectivity index (χ0v) is 26.3. The van der Waals surface area contributed by atoms with Crippen LogP contribution in [0.4, 0.5) is 5.69 Å². The number of amides is 1. The van der Waals surface area contributed by atoms with Crippen LogP contribution in [0.15, 0.2) is 52.6 Å². The standard InChI is InChI=1S/C29H34N7O6S2/c1-17-22(21-14-34-16-33(27(43-3)28(34)44-21)13-7-5-4-6-12-31-32-30)25(35-24(17)23(18(2)37)26(35)38)29(39)42-15-19-8-10-20(11-9-19)36(40)41/h8-11,14,16-18,23-24,37H,4-7,12-13,15H2,1-3H3/q+1/t17-,18+,23+,24+/m0/s1. The second-order valence-electron chi connectivity index (χ2n) is 11.0. The molecule has 2 aromatic heterocycles. The molecular formula is C29H34N7O6S2+. The molecule has 2 aliphatic heterocycles. The van der Waals surface area contributed by atoms with Crippen molar-refractivity contribution in [1.29, 1.82) is 0 Å². The minimum atomic E-state index is -0.858. The minimum absolute atomic E-state index is 0.0601. The number of aryl methyl sites for hydroxylation is 1. The maximum atomic E-state index is 13.6. The average molecular weight is 641 g/mol. The van der Waals surface area contributed by atoms with Crippen molar-refractivity contribution >= 4 is 51.1 Å². The normalized spacial score (nSPS) is 20.0. The maximum Gasteiger partial charge on any atom is 0.355 e. The van der Waals surface area contributed by atoms with E-state index >= 15 is 0 Å². The lowest BCUT2D eigenvalue weighted by atomic mass is 9.77. The van der Waals surface area contributed by atoms with Crippen LogP contribution in [0.5, 0.6) is 0 Å². The first kappa shape index (κ1) is 31.5. The van der Waals surface area contributed by atoms with Gasteiger partial charge < -0.3 is 14.7 Å². The first-order valence-electron chi connectivity index (χ1n) is 14.4. The summed E-state index contributed by atoms with van der Waals surface area (Å²) in [6, 6.07) is 5.41. The van der Waals surface area contributed by atoms with Crippen LogP contribution < -0.4 is 4.57 Å². The molecule has 0 aliphatic carbocycles. The molecule has 3 aromatic rings. The van der Waals surface area contributed by atoms with E-state index in [0.717, 1.165) is 47.0 Å². The highest BCUT2D eigenvalue weighted by Crippen LogP contribution is 2.52. The van der Waals surface area contributed by atoms with E-state index in [0.29, 0.717) is 17.7 Å². The highest BCUT2D eigenvalue weighted by molar-refractivity contribution is 7.98. The van der Waals surface area contributed by atoms with E-state index in [2.05, 4.69) is 19.0 Å². The summed E-state index contributed by atoms with van der Waals surface area (Å²) in [5.74, 6) is -1.78. The Balaban J connectivity index is 1.40. The summed E-state index contributed by atoms with van der Waals surface area (Å²) < 4.78 is 9.93. The van der Waals surface area contributed by atoms with Gasteiger partial charge in [-0.25, -0.2) is 9.36 Å². The molecule has 0 saturated carbocycles. The van der Waals surface area contributed by atoms with Gasteiger partial charge in [-0.15, -0.1) is 0 Å². The van der Waals surface area contributed by atoms with Crippen molar-refractivity contribution in [2.45, 2.75) is 69.9 Å². The Bertz CT molecular complexity index is 1660. The molecule has 1 saturated heterocycles. The monoisotopic (exact) mass is 640 g/mol. The van der Waals surface area contributed by atoms with Gasteiger partial charge in [-0.3, -0.25) is 14.9 Å². The van der Waals surface area contributed by atoms with E-state index in [1.54, 1.807) is 30.0 Å². The molecule has 4 heterocycles. The predicted molar refractivity (Wildman–Crippen MR) is 165 cm³/mol. The van der Waals surface area contributed by atoms with Gasteiger partial charge in [-0.05, 0) is 55.7 Å². The number of rotatable bonds is 14. The molecule has 1 fully saturated rings. The van der Waals surface area contributed by atoms with E-state index in [9.17, 15) is 24.8 Å². The third-order valence-electron chi connectivity index (χ3n) is 8.22. The molecule has 232 valence electrons. The number of thiazole rings is 1. The Morgan fingerprint density at radius 1 is 1.30 bits per heavy atom. The number of hydrogen-bond donors (Lipinski definition) is 1. The lowest BCUT2D eigenvalue weighted by molar-refractivity contribution is -0.730. The minimum Gasteiger partial charge on any atom is -0.456 e. The Kier molecular flexibility index (Phi) is 9.59. The summed E-state index contributed by atoms with van der Waals surface area (Å²) in [7, 11) is 0. The fourth-order valence-electron chi connectivity index (χ4n) is 6.10. The lowest BCUT2D eigenvalue weighted by Gasteiger charge is -2.46. The number of nitro groups is 1. The number of imidazole rings is 1. The van der Waals surface area contributed by atoms with Crippen LogP contribution in [-0.4, -0.2) is 56.2 Å². The summed E-state index contributed by atoms with van der Waals surface area (Å²) >= 11 is 3.20. The van der Waals surface area contributed by atoms with Crippen molar-refractivity contribution in [2.24, 2.45) is 17.0 Å². The summed E-state index contributed by atoms with van der Waals surface area (Å²) in [6.45, 7) is 4.82. The molecular weight excluding hydrogens is 606 g/mol. The number of hydrogen-bond acceptors (Lipinski definition) is 9. The van der Waals surface area contributed by atoms with Crippen LogP contribution in [0, 0.1) is 22.0 Å². The molecule has 1 aromatic carbocycles. The van der Waals surface area contributed by atoms with Crippen molar-refractivity contribution < 1.29 is 28.9 Å². The number of carbonyl (C=O) groups excluding carboxylic acids is 2. The lowest BCUT2D eigenvalue weighted by Crippen LogP contribution is -2.63. The number of nitrogens with zero attached hydrogens (tertiary/aromatic N) is 7. The molecule has 0 unspecified atom stereocenters. The molecule has 5 rings (SSSR count). The van der Waals surface area contributed by atoms with Crippen LogP contribution in [0.1, 0.15) is 50.0 Å². The Labute approximate surface area is 261 Å². The molecule has 4 atom stereocenters. The van der Waals surface area contributed by atoms with Gasteiger partial charge >= 0.3 is 5.97 Å². The number of fused-ring (bicyclic) bond motifs is 2. The molecule has 0 bridgehead atoms. The summed E-state index contributed by atoms with van der Waals surface area (Å²) in [5.41, 5.74) is 9.84. The predicted octanol–water partition coefficient (Wildman–Crippen LogP) is 5.10. The van der Waals surface area contributed by atoms with Crippen molar-refractivity contribution in [3.8, 4) is 0 Å². The number of aliphatic hydroxyl groups excluding tert-OH is 1. The number of unbranched alkanes of at least 4 members (excludes halogenated alkanes) is 3. The summed E-state index contributed by atoms with van der Waals surface area (Å²) in [6.07, 6.45) is 9.10. The number of non-ortho nitro benzene ring substituents is 1. The molecule has 1 amide bonds. The van der Waals surface area contributed by atoms with Gasteiger partial charge in [0.05, 0.1) is 34.4 Å². The van der Waals surface area contributed by atoms with E-state index in [1.165, 1.54) is 29.2 Å². The highest BCUT2D eigenvalue weighted by atomic mass is 32.2. The number of nitro benzene ring substituents is 1. The van der Waals surface area contributed by atoms with Gasteiger partial charge in [0.2, 0.25) is 15.8 Å². The quantitative estimate of drug-likeness (QED) is 0.0244. The number of benzene rings is 1. The number of ether oxygens (including phenoxy) is 1. The fraction of sp³-hybridized carbons (Fsp3) is 0.483. The zero-order valence-electron chi connectivity index (χ0n) is 24.7. The molecule has 1 N–H and O–H groups in total. The van der Waals surface area contributed by atoms with Crippen LogP contribution in [0.2, 0.25) is 0 Å². The van der Waals surface area contributed by atoms with Crippen LogP contribution in [0.25, 0.3) is 20.8 Å². The SMILES string of the molecule is CSc1c2sc(C3=C(C(=O)OCc4ccc([N+](=O)[O-])cc4)N4C(=O)[C@H]([C@@H](C)O)[C@H]4[C@H]3C)cn2c[n+]1CCCCCCN=[N+]=[N-]. The summed E-state index contributed by atoms with van der Waals surface area (Å²) in [4.78, 5) is 43.4. The third kappa shape index (κ3) is 5.92. The number of azide groups is 1. The molecule has 0 spiro atoms. The number of β-lactam (4-membered cyclic amide) rings is 1. The maximum absolute atomic E-state index is 13.6. The molecule has 0 radical (unpaired) electrons. The van der Waals surface area contributed by atoms with Crippen LogP contribution in [-0.2, 0) is 27.5 Å². The van der Waals surface area contributed by atoms with E-state index in [-0.39, 0.29) is 35.9 Å². The largest absolute Gasteiger partial charge is 0.456 e. The van der Waals surface area contributed by atoms with Crippen molar-refractivity contribution in [3.63, 3.8) is 0 Å². The van der Waals surface area contributed by atoms with Gasteiger partial charge in [0.15, 0.2) is 0 Å². The molecule has 13 nitrogen and oxygen atoms in total. The number of thioether (sulfide) groups is 1. The Morgan fingerprint density at radius 2 is 2.02 bits per heavy atom. The number of carbonyl (C=O) groups is 2. The van der Waals surface area contributed by atoms with E-state index in [4.69, 9.17) is 10.3 Å². The number of aliphatic hydroxyl groups is 1. The Morgan fingerprint density at radius 3 is 2.68 bits per heavy atom.